The highest BCUT2D eigenvalue weighted by atomic mass is 35.5. The summed E-state index contributed by atoms with van der Waals surface area (Å²) in [6.07, 6.45) is 3.27. The molecule has 0 fully saturated rings. The molecule has 0 saturated heterocycles. The number of hydrogen-bond acceptors (Lipinski definition) is 7. The van der Waals surface area contributed by atoms with E-state index in [0.29, 0.717) is 17.3 Å². The monoisotopic (exact) mass is 404 g/mol. The summed E-state index contributed by atoms with van der Waals surface area (Å²) in [6.45, 7) is 0.356. The minimum absolute atomic E-state index is 0.202. The van der Waals surface area contributed by atoms with Crippen LogP contribution in [0.25, 0.3) is 11.3 Å². The van der Waals surface area contributed by atoms with Crippen LogP contribution in [-0.2, 0) is 16.2 Å². The largest absolute Gasteiger partial charge is 0.382 e. The Labute approximate surface area is 162 Å². The maximum atomic E-state index is 12.3. The van der Waals surface area contributed by atoms with Crippen molar-refractivity contribution in [2.45, 2.75) is 19.1 Å². The Hall–Kier alpha value is -2.29. The lowest BCUT2D eigenvalue weighted by atomic mass is 10.1. The second kappa shape index (κ2) is 7.53. The summed E-state index contributed by atoms with van der Waals surface area (Å²) in [5.74, 6) is -0.202. The quantitative estimate of drug-likeness (QED) is 0.702. The number of carbonyl (C=O) groups excluding carboxylic acids is 1. The summed E-state index contributed by atoms with van der Waals surface area (Å²) < 4.78 is 0.685. The van der Waals surface area contributed by atoms with Gasteiger partial charge >= 0.3 is 0 Å². The van der Waals surface area contributed by atoms with Crippen LogP contribution in [-0.4, -0.2) is 27.7 Å². The van der Waals surface area contributed by atoms with Crippen molar-refractivity contribution in [3.05, 3.63) is 56.3 Å². The molecule has 0 aromatic carbocycles. The van der Waals surface area contributed by atoms with Gasteiger partial charge in [0.1, 0.15) is 10.7 Å². The van der Waals surface area contributed by atoms with Gasteiger partial charge in [0.2, 0.25) is 6.10 Å². The Balaban J connectivity index is 1.32. The van der Waals surface area contributed by atoms with E-state index in [1.54, 1.807) is 18.5 Å². The van der Waals surface area contributed by atoms with Crippen LogP contribution in [0.4, 0.5) is 0 Å². The van der Waals surface area contributed by atoms with Crippen molar-refractivity contribution in [1.29, 1.82) is 0 Å². The molecule has 3 aromatic heterocycles. The minimum atomic E-state index is -0.620. The van der Waals surface area contributed by atoms with Crippen molar-refractivity contribution < 1.29 is 9.63 Å². The van der Waals surface area contributed by atoms with E-state index in [2.05, 4.69) is 20.4 Å². The Morgan fingerprint density at radius 3 is 2.92 bits per heavy atom. The molecule has 1 atom stereocenters. The zero-order valence-electron chi connectivity index (χ0n) is 13.4. The summed E-state index contributed by atoms with van der Waals surface area (Å²) in [5.41, 5.74) is 2.62. The molecule has 0 aliphatic carbocycles. The second-order valence-corrected chi connectivity index (χ2v) is 8.18. The van der Waals surface area contributed by atoms with Gasteiger partial charge in [-0.2, -0.15) is 0 Å². The van der Waals surface area contributed by atoms with E-state index in [1.165, 1.54) is 22.7 Å². The van der Waals surface area contributed by atoms with E-state index in [1.807, 2.05) is 23.6 Å². The number of rotatable bonds is 5. The molecule has 1 aliphatic rings. The number of hydrogen-bond donors (Lipinski definition) is 1. The van der Waals surface area contributed by atoms with Gasteiger partial charge in [-0.25, -0.2) is 4.98 Å². The number of halogens is 1. The highest BCUT2D eigenvalue weighted by Crippen LogP contribution is 2.26. The molecule has 0 spiro atoms. The maximum Gasteiger partial charge on any atom is 0.264 e. The molecule has 0 saturated carbocycles. The molecule has 3 aromatic rings. The molecule has 1 unspecified atom stereocenters. The number of nitrogens with one attached hydrogen (secondary N) is 1. The van der Waals surface area contributed by atoms with Crippen LogP contribution in [0.3, 0.4) is 0 Å². The number of amides is 1. The summed E-state index contributed by atoms with van der Waals surface area (Å²) >= 11 is 8.86. The van der Waals surface area contributed by atoms with E-state index in [9.17, 15) is 4.79 Å². The third-order valence-corrected chi connectivity index (χ3v) is 5.89. The van der Waals surface area contributed by atoms with Crippen molar-refractivity contribution >= 4 is 45.9 Å². The Kier molecular flexibility index (Phi) is 4.96. The number of thiazole rings is 1. The van der Waals surface area contributed by atoms with Gasteiger partial charge in [0.25, 0.3) is 5.91 Å². The highest BCUT2D eigenvalue weighted by Gasteiger charge is 2.29. The molecule has 1 N–H and O–H groups in total. The molecule has 9 heteroatoms. The van der Waals surface area contributed by atoms with Gasteiger partial charge in [-0.15, -0.1) is 22.7 Å². The van der Waals surface area contributed by atoms with Crippen molar-refractivity contribution in [1.82, 2.24) is 15.3 Å². The third kappa shape index (κ3) is 3.77. The van der Waals surface area contributed by atoms with Crippen molar-refractivity contribution in [2.24, 2.45) is 5.16 Å². The number of aromatic nitrogens is 2. The van der Waals surface area contributed by atoms with E-state index in [-0.39, 0.29) is 5.91 Å². The van der Waals surface area contributed by atoms with E-state index in [4.69, 9.17) is 16.4 Å². The average Bonchev–Trinajstić information content (AvgIpc) is 3.40. The maximum absolute atomic E-state index is 12.3. The Morgan fingerprint density at radius 2 is 2.15 bits per heavy atom. The topological polar surface area (TPSA) is 76.5 Å². The lowest BCUT2D eigenvalue weighted by molar-refractivity contribution is -0.131. The zero-order chi connectivity index (χ0) is 17.9. The van der Waals surface area contributed by atoms with Gasteiger partial charge in [0.15, 0.2) is 0 Å². The summed E-state index contributed by atoms with van der Waals surface area (Å²) in [5, 5.41) is 9.66. The molecule has 0 bridgehead atoms. The molecular weight excluding hydrogens is 392 g/mol. The molecular formula is C17H13ClN4O2S2. The van der Waals surface area contributed by atoms with Gasteiger partial charge in [-0.05, 0) is 24.3 Å². The predicted octanol–water partition coefficient (Wildman–Crippen LogP) is 3.73. The molecule has 6 nitrogen and oxygen atoms in total. The van der Waals surface area contributed by atoms with Crippen LogP contribution in [0.1, 0.15) is 16.3 Å². The number of thiophene rings is 1. The third-order valence-electron chi connectivity index (χ3n) is 3.76. The summed E-state index contributed by atoms with van der Waals surface area (Å²) in [7, 11) is 0. The van der Waals surface area contributed by atoms with Crippen LogP contribution in [0.5, 0.6) is 0 Å². The average molecular weight is 405 g/mol. The van der Waals surface area contributed by atoms with Gasteiger partial charge in [-0.3, -0.25) is 9.78 Å². The Bertz CT molecular complexity index is 955. The normalized spacial score (nSPS) is 16.2. The fourth-order valence-electron chi connectivity index (χ4n) is 2.46. The van der Waals surface area contributed by atoms with E-state index >= 15 is 0 Å². The van der Waals surface area contributed by atoms with Gasteiger partial charge in [0.05, 0.1) is 21.5 Å². The van der Waals surface area contributed by atoms with Crippen molar-refractivity contribution in [3.63, 3.8) is 0 Å². The van der Waals surface area contributed by atoms with E-state index in [0.717, 1.165) is 26.9 Å². The molecule has 0 radical (unpaired) electrons. The smallest absolute Gasteiger partial charge is 0.264 e. The van der Waals surface area contributed by atoms with E-state index < -0.39 is 6.10 Å². The first-order valence-corrected chi connectivity index (χ1v) is 9.87. The summed E-state index contributed by atoms with van der Waals surface area (Å²) in [6, 6.07) is 7.49. The Morgan fingerprint density at radius 1 is 1.31 bits per heavy atom. The first-order chi connectivity index (χ1) is 12.7. The molecule has 4 heterocycles. The first-order valence-electron chi connectivity index (χ1n) is 7.80. The SMILES string of the molecule is O=C(NCc1nc(-c2ccncc2)cs1)C1CC(c2ccc(Cl)s2)=NO1. The highest BCUT2D eigenvalue weighted by molar-refractivity contribution is 7.18. The number of pyridine rings is 1. The van der Waals surface area contributed by atoms with Gasteiger partial charge in [0, 0.05) is 29.8 Å². The first kappa shape index (κ1) is 17.1. The van der Waals surface area contributed by atoms with Crippen LogP contribution in [0.15, 0.2) is 47.2 Å². The second-order valence-electron chi connectivity index (χ2n) is 5.52. The number of oxime groups is 1. The molecule has 26 heavy (non-hydrogen) atoms. The van der Waals surface area contributed by atoms with Crippen molar-refractivity contribution in [3.8, 4) is 11.3 Å². The van der Waals surface area contributed by atoms with Crippen LogP contribution >= 0.6 is 34.3 Å². The fraction of sp³-hybridized carbons (Fsp3) is 0.176. The minimum Gasteiger partial charge on any atom is -0.382 e. The zero-order valence-corrected chi connectivity index (χ0v) is 15.8. The van der Waals surface area contributed by atoms with Crippen LogP contribution < -0.4 is 5.32 Å². The summed E-state index contributed by atoms with van der Waals surface area (Å²) in [4.78, 5) is 27.0. The predicted molar refractivity (Wildman–Crippen MR) is 103 cm³/mol. The van der Waals surface area contributed by atoms with Gasteiger partial charge < -0.3 is 10.2 Å². The molecule has 1 amide bonds. The van der Waals surface area contributed by atoms with Crippen molar-refractivity contribution in [2.75, 3.05) is 0 Å². The lowest BCUT2D eigenvalue weighted by Crippen LogP contribution is -2.34. The standard InChI is InChI=1S/C17H13ClN4O2S2/c18-15-2-1-14(26-15)11-7-13(24-22-11)17(23)20-8-16-21-12(9-25-16)10-3-5-19-6-4-10/h1-6,9,13H,7-8H2,(H,20,23). The molecule has 4 rings (SSSR count). The molecule has 1 aliphatic heterocycles. The number of nitrogens with zero attached hydrogens (tertiary/aromatic N) is 3. The lowest BCUT2D eigenvalue weighted by Gasteiger charge is -2.07. The molecule has 132 valence electrons. The number of carbonyl (C=O) groups is 1. The van der Waals surface area contributed by atoms with Crippen LogP contribution in [0.2, 0.25) is 4.34 Å². The van der Waals surface area contributed by atoms with Crippen LogP contribution in [0, 0.1) is 0 Å². The van der Waals surface area contributed by atoms with Gasteiger partial charge in [-0.1, -0.05) is 16.8 Å². The fourth-order valence-corrected chi connectivity index (χ4v) is 4.23.